The number of hydrogen-bond donors (Lipinski definition) is 1. The highest BCUT2D eigenvalue weighted by molar-refractivity contribution is 6.06. The molecule has 0 unspecified atom stereocenters. The number of carbonyl (C=O) groups excluding carboxylic acids is 1. The van der Waals surface area contributed by atoms with Crippen LogP contribution in [0.25, 0.3) is 11.5 Å². The van der Waals surface area contributed by atoms with Crippen LogP contribution in [0, 0.1) is 6.92 Å². The lowest BCUT2D eigenvalue weighted by atomic mass is 10.2. The van der Waals surface area contributed by atoms with Crippen LogP contribution in [0.15, 0.2) is 79.3 Å². The molecule has 4 aromatic rings. The van der Waals surface area contributed by atoms with Gasteiger partial charge in [-0.3, -0.25) is 4.79 Å². The number of rotatable bonds is 5. The Kier molecular flexibility index (Phi) is 4.68. The van der Waals surface area contributed by atoms with Crippen molar-refractivity contribution < 1.29 is 9.53 Å². The number of benzene rings is 2. The number of carbonyl (C=O) groups is 1. The summed E-state index contributed by atoms with van der Waals surface area (Å²) >= 11 is 0. The Hall–Kier alpha value is -3.80. The highest BCUT2D eigenvalue weighted by atomic mass is 16.5. The summed E-state index contributed by atoms with van der Waals surface area (Å²) in [7, 11) is 1.59. The van der Waals surface area contributed by atoms with E-state index in [4.69, 9.17) is 4.74 Å². The lowest BCUT2D eigenvalue weighted by molar-refractivity contribution is 0.102. The van der Waals surface area contributed by atoms with Crippen molar-refractivity contribution in [2.45, 2.75) is 6.92 Å². The minimum absolute atomic E-state index is 0.240. The summed E-state index contributed by atoms with van der Waals surface area (Å²) in [6, 6.07) is 19.1. The molecule has 0 aliphatic carbocycles. The maximum absolute atomic E-state index is 13.0. The molecule has 1 amide bonds. The molecule has 0 atom stereocenters. The fourth-order valence-electron chi connectivity index (χ4n) is 3.07. The van der Waals surface area contributed by atoms with Crippen molar-refractivity contribution in [2.24, 2.45) is 0 Å². The summed E-state index contributed by atoms with van der Waals surface area (Å²) < 4.78 is 8.88. The number of nitrogens with zero attached hydrogens (tertiary/aromatic N) is 3. The van der Waals surface area contributed by atoms with E-state index in [0.29, 0.717) is 22.8 Å². The van der Waals surface area contributed by atoms with Crippen molar-refractivity contribution in [2.75, 3.05) is 12.4 Å². The molecule has 0 fully saturated rings. The van der Waals surface area contributed by atoms with Gasteiger partial charge in [0.2, 0.25) is 0 Å². The van der Waals surface area contributed by atoms with Crippen LogP contribution in [0.3, 0.4) is 0 Å². The first kappa shape index (κ1) is 17.6. The molecule has 2 aromatic heterocycles. The van der Waals surface area contributed by atoms with Crippen LogP contribution in [0.4, 0.5) is 5.69 Å². The van der Waals surface area contributed by atoms with E-state index in [0.717, 1.165) is 11.3 Å². The number of hydrogen-bond acceptors (Lipinski definition) is 3. The summed E-state index contributed by atoms with van der Waals surface area (Å²) in [4.78, 5) is 13.0. The minimum atomic E-state index is -0.240. The molecule has 1 N–H and O–H groups in total. The van der Waals surface area contributed by atoms with E-state index in [2.05, 4.69) is 10.4 Å². The quantitative estimate of drug-likeness (QED) is 0.570. The molecule has 6 heteroatoms. The fourth-order valence-corrected chi connectivity index (χ4v) is 3.07. The molecule has 4 rings (SSSR count). The van der Waals surface area contributed by atoms with E-state index < -0.39 is 0 Å². The first-order valence-corrected chi connectivity index (χ1v) is 8.89. The van der Waals surface area contributed by atoms with Crippen molar-refractivity contribution in [1.29, 1.82) is 0 Å². The third-order valence-electron chi connectivity index (χ3n) is 4.41. The molecule has 0 bridgehead atoms. The molecule has 0 aliphatic rings. The van der Waals surface area contributed by atoms with E-state index in [1.165, 1.54) is 0 Å². The predicted molar refractivity (Wildman–Crippen MR) is 109 cm³/mol. The van der Waals surface area contributed by atoms with Crippen molar-refractivity contribution in [3.63, 3.8) is 0 Å². The molecule has 2 heterocycles. The third-order valence-corrected chi connectivity index (χ3v) is 4.41. The maximum atomic E-state index is 13.0. The lowest BCUT2D eigenvalue weighted by Gasteiger charge is -2.12. The summed E-state index contributed by atoms with van der Waals surface area (Å²) in [6.07, 6.45) is 5.38. The Morgan fingerprint density at radius 1 is 1.04 bits per heavy atom. The first-order chi connectivity index (χ1) is 13.7. The zero-order chi connectivity index (χ0) is 19.5. The zero-order valence-electron chi connectivity index (χ0n) is 15.7. The van der Waals surface area contributed by atoms with Gasteiger partial charge in [-0.2, -0.15) is 5.10 Å². The number of aryl methyl sites for hydroxylation is 1. The van der Waals surface area contributed by atoms with Crippen molar-refractivity contribution in [3.8, 4) is 17.3 Å². The van der Waals surface area contributed by atoms with Gasteiger partial charge < -0.3 is 14.6 Å². The number of aromatic nitrogens is 3. The normalized spacial score (nSPS) is 10.6. The van der Waals surface area contributed by atoms with Crippen LogP contribution < -0.4 is 10.1 Å². The number of nitrogens with one attached hydrogen (secondary N) is 1. The number of methoxy groups -OCH3 is 1. The molecule has 0 spiro atoms. The van der Waals surface area contributed by atoms with Gasteiger partial charge in [0.25, 0.3) is 5.91 Å². The first-order valence-electron chi connectivity index (χ1n) is 8.89. The molecule has 2 aromatic carbocycles. The van der Waals surface area contributed by atoms with Crippen LogP contribution in [-0.4, -0.2) is 27.4 Å². The largest absolute Gasteiger partial charge is 0.497 e. The van der Waals surface area contributed by atoms with Gasteiger partial charge >= 0.3 is 0 Å². The van der Waals surface area contributed by atoms with Gasteiger partial charge in [0.05, 0.1) is 19.0 Å². The molecule has 6 nitrogen and oxygen atoms in total. The fraction of sp³-hybridized carbons (Fsp3) is 0.0909. The Morgan fingerprint density at radius 3 is 2.57 bits per heavy atom. The Morgan fingerprint density at radius 2 is 1.82 bits per heavy atom. The monoisotopic (exact) mass is 372 g/mol. The summed E-state index contributed by atoms with van der Waals surface area (Å²) in [6.45, 7) is 2.03. The van der Waals surface area contributed by atoms with Gasteiger partial charge in [-0.15, -0.1) is 0 Å². The molecule has 0 saturated heterocycles. The summed E-state index contributed by atoms with van der Waals surface area (Å²) in [5.74, 6) is 1.12. The molecule has 140 valence electrons. The van der Waals surface area contributed by atoms with Gasteiger partial charge in [0.15, 0.2) is 5.82 Å². The van der Waals surface area contributed by atoms with Gasteiger partial charge in [0.1, 0.15) is 11.3 Å². The summed E-state index contributed by atoms with van der Waals surface area (Å²) in [5, 5.41) is 7.42. The van der Waals surface area contributed by atoms with Crippen LogP contribution >= 0.6 is 0 Å². The summed E-state index contributed by atoms with van der Waals surface area (Å²) in [5.41, 5.74) is 3.14. The average molecular weight is 372 g/mol. The SMILES string of the molecule is COc1cccc(NC(=O)c2cnn(-c3cccc(C)c3)c2-n2cccc2)c1. The van der Waals surface area contributed by atoms with Gasteiger partial charge in [-0.25, -0.2) is 4.68 Å². The molecular weight excluding hydrogens is 352 g/mol. The molecular formula is C22H20N4O2. The molecule has 28 heavy (non-hydrogen) atoms. The molecule has 0 aliphatic heterocycles. The van der Waals surface area contributed by atoms with Gasteiger partial charge in [-0.1, -0.05) is 18.2 Å². The van der Waals surface area contributed by atoms with E-state index in [-0.39, 0.29) is 5.91 Å². The smallest absolute Gasteiger partial charge is 0.261 e. The van der Waals surface area contributed by atoms with E-state index in [9.17, 15) is 4.79 Å². The minimum Gasteiger partial charge on any atom is -0.497 e. The Bertz CT molecular complexity index is 1110. The molecule has 0 radical (unpaired) electrons. The van der Waals surface area contributed by atoms with E-state index in [1.807, 2.05) is 78.5 Å². The maximum Gasteiger partial charge on any atom is 0.261 e. The highest BCUT2D eigenvalue weighted by Crippen LogP contribution is 2.23. The highest BCUT2D eigenvalue weighted by Gasteiger charge is 2.20. The predicted octanol–water partition coefficient (Wildman–Crippen LogP) is 4.23. The van der Waals surface area contributed by atoms with Crippen LogP contribution in [-0.2, 0) is 0 Å². The number of ether oxygens (including phenoxy) is 1. The zero-order valence-corrected chi connectivity index (χ0v) is 15.7. The third kappa shape index (κ3) is 3.40. The van der Waals surface area contributed by atoms with Crippen molar-refractivity contribution in [1.82, 2.24) is 14.3 Å². The second kappa shape index (κ2) is 7.44. The average Bonchev–Trinajstić information content (AvgIpc) is 3.37. The van der Waals surface area contributed by atoms with Crippen molar-refractivity contribution in [3.05, 3.63) is 90.4 Å². The number of anilines is 1. The van der Waals surface area contributed by atoms with Gasteiger partial charge in [0, 0.05) is 24.1 Å². The topological polar surface area (TPSA) is 61.1 Å². The van der Waals surface area contributed by atoms with Crippen molar-refractivity contribution >= 4 is 11.6 Å². The lowest BCUT2D eigenvalue weighted by Crippen LogP contribution is -2.15. The van der Waals surface area contributed by atoms with E-state index >= 15 is 0 Å². The second-order valence-electron chi connectivity index (χ2n) is 6.41. The standard InChI is InChI=1S/C22H20N4O2/c1-16-7-5-9-18(13-16)26-22(25-11-3-4-12-25)20(15-23-26)21(27)24-17-8-6-10-19(14-17)28-2/h3-15H,1-2H3,(H,24,27). The van der Waals surface area contributed by atoms with E-state index in [1.54, 1.807) is 24.1 Å². The Balaban J connectivity index is 1.75. The Labute approximate surface area is 163 Å². The van der Waals surface area contributed by atoms with Gasteiger partial charge in [-0.05, 0) is 48.9 Å². The molecule has 0 saturated carbocycles. The second-order valence-corrected chi connectivity index (χ2v) is 6.41. The number of amides is 1. The van der Waals surface area contributed by atoms with Crippen LogP contribution in [0.5, 0.6) is 5.75 Å². The van der Waals surface area contributed by atoms with Crippen LogP contribution in [0.2, 0.25) is 0 Å². The van der Waals surface area contributed by atoms with Crippen LogP contribution in [0.1, 0.15) is 15.9 Å².